The van der Waals surface area contributed by atoms with Gasteiger partial charge in [0.05, 0.1) is 24.5 Å². The molecular weight excluding hydrogens is 194 g/mol. The number of carbonyl (C=O) groups excluding carboxylic acids is 2. The van der Waals surface area contributed by atoms with Crippen LogP contribution in [0.5, 0.6) is 0 Å². The molecule has 80 valence electrons. The lowest BCUT2D eigenvalue weighted by molar-refractivity contribution is -0.200. The highest BCUT2D eigenvalue weighted by atomic mass is 16.5. The number of amides is 1. The molecule has 3 rings (SSSR count). The molecule has 1 aliphatic heterocycles. The van der Waals surface area contributed by atoms with Crippen LogP contribution < -0.4 is 5.32 Å². The van der Waals surface area contributed by atoms with Gasteiger partial charge >= 0.3 is 5.97 Å². The number of fused-ring (bicyclic) bond motifs is 4. The van der Waals surface area contributed by atoms with Crippen molar-refractivity contribution in [3.8, 4) is 0 Å². The van der Waals surface area contributed by atoms with Crippen molar-refractivity contribution in [1.29, 1.82) is 0 Å². The predicted molar refractivity (Wildman–Crippen MR) is 51.7 cm³/mol. The van der Waals surface area contributed by atoms with Gasteiger partial charge in [-0.25, -0.2) is 0 Å². The van der Waals surface area contributed by atoms with Crippen LogP contribution in [0.15, 0.2) is 12.2 Å². The van der Waals surface area contributed by atoms with E-state index in [1.165, 1.54) is 7.11 Å². The fourth-order valence-corrected chi connectivity index (χ4v) is 3.40. The maximum atomic E-state index is 11.8. The molecule has 2 fully saturated rings. The summed E-state index contributed by atoms with van der Waals surface area (Å²) in [6.45, 7) is 0. The molecule has 1 saturated heterocycles. The van der Waals surface area contributed by atoms with Crippen molar-refractivity contribution < 1.29 is 14.3 Å². The number of ether oxygens (including phenoxy) is 1. The largest absolute Gasteiger partial charge is 0.469 e. The van der Waals surface area contributed by atoms with Gasteiger partial charge < -0.3 is 10.1 Å². The molecule has 0 radical (unpaired) electrons. The zero-order chi connectivity index (χ0) is 10.6. The molecule has 0 aromatic heterocycles. The third kappa shape index (κ3) is 0.794. The second-order valence-electron chi connectivity index (χ2n) is 4.56. The average Bonchev–Trinajstić information content (AvgIpc) is 2.24. The first-order valence-corrected chi connectivity index (χ1v) is 5.25. The van der Waals surface area contributed by atoms with Gasteiger partial charge in [0.1, 0.15) is 0 Å². The summed E-state index contributed by atoms with van der Waals surface area (Å²) < 4.78 is 4.88. The third-order valence-corrected chi connectivity index (χ3v) is 4.19. The molecule has 1 amide bonds. The standard InChI is InChI=1S/C11H13NO3/c1-15-10(14)11-5-3-2-4-6(11)7-8(11)12-9(7)13/h2-3,6-8H,4-5H2,1H3,(H,12,13)/t6-,7-,8-,11+/m0/s1. The molecule has 4 nitrogen and oxygen atoms in total. The SMILES string of the molecule is COC(=O)[C@]12CC=CC[C@H]1[C@@H]1C(=O)N[C@@H]12. The number of β-lactam (4-membered cyclic amide) rings is 1. The summed E-state index contributed by atoms with van der Waals surface area (Å²) in [5.41, 5.74) is -0.456. The molecule has 2 aliphatic carbocycles. The maximum absolute atomic E-state index is 11.8. The summed E-state index contributed by atoms with van der Waals surface area (Å²) in [7, 11) is 1.42. The molecule has 1 saturated carbocycles. The summed E-state index contributed by atoms with van der Waals surface area (Å²) in [5.74, 6) is 0.140. The molecular formula is C11H13NO3. The van der Waals surface area contributed by atoms with Crippen LogP contribution in [-0.4, -0.2) is 25.0 Å². The first kappa shape index (κ1) is 8.95. The van der Waals surface area contributed by atoms with Crippen molar-refractivity contribution >= 4 is 11.9 Å². The van der Waals surface area contributed by atoms with E-state index >= 15 is 0 Å². The number of hydrogen-bond donors (Lipinski definition) is 1. The van der Waals surface area contributed by atoms with E-state index < -0.39 is 5.41 Å². The number of rotatable bonds is 1. The maximum Gasteiger partial charge on any atom is 0.314 e. The molecule has 0 aromatic rings. The Labute approximate surface area is 87.7 Å². The van der Waals surface area contributed by atoms with Gasteiger partial charge in [-0.3, -0.25) is 9.59 Å². The Morgan fingerprint density at radius 3 is 3.07 bits per heavy atom. The van der Waals surface area contributed by atoms with Crippen molar-refractivity contribution in [3.63, 3.8) is 0 Å². The Hall–Kier alpha value is -1.32. The number of esters is 1. The molecule has 1 heterocycles. The number of carbonyl (C=O) groups is 2. The monoisotopic (exact) mass is 207 g/mol. The highest BCUT2D eigenvalue weighted by Crippen LogP contribution is 2.61. The summed E-state index contributed by atoms with van der Waals surface area (Å²) in [4.78, 5) is 23.2. The van der Waals surface area contributed by atoms with Gasteiger partial charge in [-0.1, -0.05) is 12.2 Å². The first-order valence-electron chi connectivity index (χ1n) is 5.25. The molecule has 15 heavy (non-hydrogen) atoms. The van der Waals surface area contributed by atoms with E-state index in [4.69, 9.17) is 4.74 Å². The van der Waals surface area contributed by atoms with Crippen LogP contribution in [-0.2, 0) is 14.3 Å². The van der Waals surface area contributed by atoms with E-state index in [0.717, 1.165) is 6.42 Å². The fraction of sp³-hybridized carbons (Fsp3) is 0.636. The van der Waals surface area contributed by atoms with Gasteiger partial charge in [-0.05, 0) is 18.8 Å². The summed E-state index contributed by atoms with van der Waals surface area (Å²) in [6, 6.07) is 0.0207. The Balaban J connectivity index is 1.96. The van der Waals surface area contributed by atoms with E-state index in [-0.39, 0.29) is 29.8 Å². The lowest BCUT2D eigenvalue weighted by Crippen LogP contribution is -2.81. The summed E-state index contributed by atoms with van der Waals surface area (Å²) in [5, 5.41) is 2.82. The molecule has 3 aliphatic rings. The van der Waals surface area contributed by atoms with Gasteiger partial charge in [-0.2, -0.15) is 0 Å². The van der Waals surface area contributed by atoms with Crippen LogP contribution in [0, 0.1) is 17.3 Å². The number of nitrogens with one attached hydrogen (secondary N) is 1. The minimum Gasteiger partial charge on any atom is -0.469 e. The predicted octanol–water partition coefficient (Wildman–Crippen LogP) is 0.240. The number of piperidine rings is 1. The quantitative estimate of drug-likeness (QED) is 0.380. The van der Waals surface area contributed by atoms with E-state index in [1.54, 1.807) is 0 Å². The lowest BCUT2D eigenvalue weighted by atomic mass is 9.43. The number of allylic oxidation sites excluding steroid dienone is 2. The van der Waals surface area contributed by atoms with Crippen LogP contribution >= 0.6 is 0 Å². The van der Waals surface area contributed by atoms with Gasteiger partial charge in [0.25, 0.3) is 0 Å². The molecule has 0 unspecified atom stereocenters. The summed E-state index contributed by atoms with van der Waals surface area (Å²) >= 11 is 0. The smallest absolute Gasteiger partial charge is 0.314 e. The summed E-state index contributed by atoms with van der Waals surface area (Å²) in [6.07, 6.45) is 5.61. The van der Waals surface area contributed by atoms with E-state index in [0.29, 0.717) is 6.42 Å². The van der Waals surface area contributed by atoms with Crippen LogP contribution in [0.25, 0.3) is 0 Å². The van der Waals surface area contributed by atoms with E-state index in [9.17, 15) is 9.59 Å². The van der Waals surface area contributed by atoms with E-state index in [2.05, 4.69) is 11.4 Å². The normalized spacial score (nSPS) is 45.4. The van der Waals surface area contributed by atoms with E-state index in [1.807, 2.05) is 6.08 Å². The van der Waals surface area contributed by atoms with Crippen LogP contribution in [0.1, 0.15) is 12.8 Å². The highest BCUT2D eigenvalue weighted by Gasteiger charge is 2.73. The fourth-order valence-electron chi connectivity index (χ4n) is 3.40. The lowest BCUT2D eigenvalue weighted by Gasteiger charge is -2.65. The first-order chi connectivity index (χ1) is 7.21. The second kappa shape index (κ2) is 2.62. The van der Waals surface area contributed by atoms with Gasteiger partial charge in [0.2, 0.25) is 5.91 Å². The molecule has 0 bridgehead atoms. The topological polar surface area (TPSA) is 55.4 Å². The molecule has 4 atom stereocenters. The number of hydrogen-bond acceptors (Lipinski definition) is 3. The third-order valence-electron chi connectivity index (χ3n) is 4.19. The molecule has 4 heteroatoms. The van der Waals surface area contributed by atoms with Crippen LogP contribution in [0.2, 0.25) is 0 Å². The minimum absolute atomic E-state index is 0.0207. The number of methoxy groups -OCH3 is 1. The minimum atomic E-state index is -0.456. The van der Waals surface area contributed by atoms with Crippen LogP contribution in [0.3, 0.4) is 0 Å². The Kier molecular flexibility index (Phi) is 1.56. The van der Waals surface area contributed by atoms with Gasteiger partial charge in [0, 0.05) is 0 Å². The van der Waals surface area contributed by atoms with Crippen molar-refractivity contribution in [2.24, 2.45) is 17.3 Å². The van der Waals surface area contributed by atoms with Gasteiger partial charge in [0.15, 0.2) is 0 Å². The Morgan fingerprint density at radius 1 is 1.60 bits per heavy atom. The molecule has 1 N–H and O–H groups in total. The average molecular weight is 207 g/mol. The molecule has 0 aromatic carbocycles. The molecule has 0 spiro atoms. The van der Waals surface area contributed by atoms with Crippen molar-refractivity contribution in [2.45, 2.75) is 18.9 Å². The second-order valence-corrected chi connectivity index (χ2v) is 4.56. The Morgan fingerprint density at radius 2 is 2.40 bits per heavy atom. The zero-order valence-corrected chi connectivity index (χ0v) is 8.53. The van der Waals surface area contributed by atoms with Crippen LogP contribution in [0.4, 0.5) is 0 Å². The van der Waals surface area contributed by atoms with Crippen molar-refractivity contribution in [3.05, 3.63) is 12.2 Å². The zero-order valence-electron chi connectivity index (χ0n) is 8.53. The Bertz CT molecular complexity index is 376. The van der Waals surface area contributed by atoms with Crippen molar-refractivity contribution in [2.75, 3.05) is 7.11 Å². The van der Waals surface area contributed by atoms with Crippen molar-refractivity contribution in [1.82, 2.24) is 5.32 Å². The van der Waals surface area contributed by atoms with Gasteiger partial charge in [-0.15, -0.1) is 0 Å². The highest BCUT2D eigenvalue weighted by molar-refractivity contribution is 5.95.